The number of carboxylic acid groups (broad SMARTS) is 1. The normalized spacial score (nSPS) is 21.4. The zero-order valence-electron chi connectivity index (χ0n) is 20.9. The third-order valence-electron chi connectivity index (χ3n) is 6.89. The highest BCUT2D eigenvalue weighted by Crippen LogP contribution is 2.24. The first-order chi connectivity index (χ1) is 17.3. The van der Waals surface area contributed by atoms with Crippen molar-refractivity contribution in [1.82, 2.24) is 14.7 Å². The fourth-order valence-electron chi connectivity index (χ4n) is 4.79. The molecule has 0 bridgehead atoms. The third-order valence-corrected chi connectivity index (χ3v) is 6.89. The first-order valence-electron chi connectivity index (χ1n) is 12.4. The molecule has 0 radical (unpaired) electrons. The third kappa shape index (κ3) is 6.60. The van der Waals surface area contributed by atoms with Crippen LogP contribution in [0.15, 0.2) is 42.5 Å². The molecule has 2 atom stereocenters. The Bertz CT molecular complexity index is 1060. The molecule has 9 heteroatoms. The number of amides is 1. The van der Waals surface area contributed by atoms with Gasteiger partial charge in [0.05, 0.1) is 18.8 Å². The number of morpholine rings is 1. The van der Waals surface area contributed by atoms with E-state index in [2.05, 4.69) is 16.7 Å². The molecule has 0 aromatic heterocycles. The highest BCUT2D eigenvalue weighted by molar-refractivity contribution is 5.88. The van der Waals surface area contributed by atoms with E-state index in [1.807, 2.05) is 11.8 Å². The molecule has 2 aliphatic rings. The van der Waals surface area contributed by atoms with E-state index in [0.29, 0.717) is 45.1 Å². The van der Waals surface area contributed by atoms with Crippen molar-refractivity contribution in [3.05, 3.63) is 65.0 Å². The van der Waals surface area contributed by atoms with E-state index >= 15 is 0 Å². The largest absolute Gasteiger partial charge is 0.483 e. The molecule has 4 rings (SSSR count). The van der Waals surface area contributed by atoms with E-state index < -0.39 is 5.97 Å². The van der Waals surface area contributed by atoms with Gasteiger partial charge in [0.25, 0.3) is 5.91 Å². The molecule has 2 saturated heterocycles. The number of carbonyl (C=O) groups excluding carboxylic acids is 1. The maximum atomic E-state index is 13.2. The van der Waals surface area contributed by atoms with E-state index in [0.717, 1.165) is 24.2 Å². The van der Waals surface area contributed by atoms with Crippen molar-refractivity contribution in [2.75, 3.05) is 46.0 Å². The monoisotopic (exact) mass is 499 g/mol. The molecule has 1 N–H and O–H groups in total. The van der Waals surface area contributed by atoms with Gasteiger partial charge in [-0.2, -0.15) is 0 Å². The van der Waals surface area contributed by atoms with Crippen molar-refractivity contribution >= 4 is 11.9 Å². The molecule has 36 heavy (non-hydrogen) atoms. The number of ether oxygens (including phenoxy) is 2. The lowest BCUT2D eigenvalue weighted by atomic mass is 10.1. The van der Waals surface area contributed by atoms with Crippen LogP contribution in [0.1, 0.15) is 35.3 Å². The fraction of sp³-hybridized carbons (Fsp3) is 0.481. The minimum absolute atomic E-state index is 0.0000416. The van der Waals surface area contributed by atoms with Crippen molar-refractivity contribution in [3.63, 3.8) is 0 Å². The molecular formula is C27H34FN3O5. The number of piperazine rings is 1. The van der Waals surface area contributed by atoms with Gasteiger partial charge < -0.3 is 19.5 Å². The molecular weight excluding hydrogens is 465 g/mol. The van der Waals surface area contributed by atoms with Gasteiger partial charge in [-0.1, -0.05) is 12.1 Å². The lowest BCUT2D eigenvalue weighted by Crippen LogP contribution is -2.58. The number of halogens is 1. The predicted molar refractivity (Wildman–Crippen MR) is 132 cm³/mol. The van der Waals surface area contributed by atoms with Crippen LogP contribution in [0.25, 0.3) is 0 Å². The van der Waals surface area contributed by atoms with E-state index in [4.69, 9.17) is 9.47 Å². The maximum Gasteiger partial charge on any atom is 0.335 e. The number of rotatable bonds is 8. The van der Waals surface area contributed by atoms with Crippen LogP contribution in [-0.4, -0.2) is 89.8 Å². The van der Waals surface area contributed by atoms with E-state index in [1.54, 1.807) is 24.3 Å². The molecule has 2 aromatic carbocycles. The summed E-state index contributed by atoms with van der Waals surface area (Å²) in [6, 6.07) is 11.4. The average molecular weight is 500 g/mol. The summed E-state index contributed by atoms with van der Waals surface area (Å²) in [6.45, 7) is 9.29. The van der Waals surface area contributed by atoms with E-state index in [-0.39, 0.29) is 36.0 Å². The summed E-state index contributed by atoms with van der Waals surface area (Å²) in [6.07, 6.45) is 0. The Hall–Kier alpha value is -3.01. The second-order valence-electron chi connectivity index (χ2n) is 9.60. The minimum Gasteiger partial charge on any atom is -0.483 e. The summed E-state index contributed by atoms with van der Waals surface area (Å²) in [5.74, 6) is -0.825. The molecule has 0 saturated carbocycles. The standard InChI is InChI=1S/C27H34FN3O5/c1-19-15-31(20(2)14-30(19)16-21-3-6-24(28)7-4-21)26(32)18-36-25-8-5-22(27(33)34)13-23(25)17-29-9-11-35-12-10-29/h3-8,13,19-20H,9-12,14-18H2,1-2H3,(H,33,34). The van der Waals surface area contributed by atoms with Gasteiger partial charge >= 0.3 is 5.97 Å². The van der Waals surface area contributed by atoms with E-state index in [1.165, 1.54) is 18.2 Å². The molecule has 0 aliphatic carbocycles. The van der Waals surface area contributed by atoms with Gasteiger partial charge in [0.1, 0.15) is 11.6 Å². The summed E-state index contributed by atoms with van der Waals surface area (Å²) < 4.78 is 24.6. The Kier molecular flexibility index (Phi) is 8.56. The zero-order chi connectivity index (χ0) is 25.7. The second kappa shape index (κ2) is 11.8. The molecule has 2 unspecified atom stereocenters. The lowest BCUT2D eigenvalue weighted by molar-refractivity contribution is -0.139. The average Bonchev–Trinajstić information content (AvgIpc) is 2.87. The van der Waals surface area contributed by atoms with E-state index in [9.17, 15) is 19.1 Å². The molecule has 194 valence electrons. The van der Waals surface area contributed by atoms with Crippen LogP contribution in [0, 0.1) is 5.82 Å². The molecule has 2 aliphatic heterocycles. The topological polar surface area (TPSA) is 82.5 Å². The zero-order valence-corrected chi connectivity index (χ0v) is 20.9. The highest BCUT2D eigenvalue weighted by Gasteiger charge is 2.32. The van der Waals surface area contributed by atoms with Crippen molar-refractivity contribution in [3.8, 4) is 5.75 Å². The summed E-state index contributed by atoms with van der Waals surface area (Å²) in [7, 11) is 0. The predicted octanol–water partition coefficient (Wildman–Crippen LogP) is 2.86. The van der Waals surface area contributed by atoms with Gasteiger partial charge in [-0.25, -0.2) is 9.18 Å². The number of carboxylic acids is 1. The van der Waals surface area contributed by atoms with Crippen LogP contribution in [0.4, 0.5) is 4.39 Å². The first kappa shape index (κ1) is 26.1. The van der Waals surface area contributed by atoms with Gasteiger partial charge in [-0.15, -0.1) is 0 Å². The minimum atomic E-state index is -0.998. The summed E-state index contributed by atoms with van der Waals surface area (Å²) in [4.78, 5) is 31.0. The molecule has 1 amide bonds. The highest BCUT2D eigenvalue weighted by atomic mass is 19.1. The molecule has 2 aromatic rings. The Morgan fingerprint density at radius 3 is 2.44 bits per heavy atom. The molecule has 8 nitrogen and oxygen atoms in total. The number of carbonyl (C=O) groups is 2. The van der Waals surface area contributed by atoms with Gasteiger partial charge in [0.2, 0.25) is 0 Å². The van der Waals surface area contributed by atoms with Gasteiger partial charge in [0.15, 0.2) is 6.61 Å². The molecule has 0 spiro atoms. The summed E-state index contributed by atoms with van der Waals surface area (Å²) >= 11 is 0. The molecule has 2 fully saturated rings. The lowest BCUT2D eigenvalue weighted by Gasteiger charge is -2.44. The Balaban J connectivity index is 1.37. The summed E-state index contributed by atoms with van der Waals surface area (Å²) in [5.41, 5.74) is 1.97. The van der Waals surface area contributed by atoms with Crippen molar-refractivity contribution in [1.29, 1.82) is 0 Å². The first-order valence-corrected chi connectivity index (χ1v) is 12.4. The van der Waals surface area contributed by atoms with Crippen molar-refractivity contribution in [2.24, 2.45) is 0 Å². The second-order valence-corrected chi connectivity index (χ2v) is 9.60. The smallest absolute Gasteiger partial charge is 0.335 e. The number of hydrogen-bond donors (Lipinski definition) is 1. The van der Waals surface area contributed by atoms with Crippen LogP contribution in [-0.2, 0) is 22.6 Å². The van der Waals surface area contributed by atoms with Gasteiger partial charge in [-0.3, -0.25) is 14.6 Å². The van der Waals surface area contributed by atoms with Gasteiger partial charge in [0, 0.05) is 56.9 Å². The number of hydrogen-bond acceptors (Lipinski definition) is 6. The number of aromatic carboxylic acids is 1. The van der Waals surface area contributed by atoms with Crippen molar-refractivity contribution in [2.45, 2.75) is 39.0 Å². The van der Waals surface area contributed by atoms with Gasteiger partial charge in [-0.05, 0) is 49.7 Å². The van der Waals surface area contributed by atoms with Crippen molar-refractivity contribution < 1.29 is 28.6 Å². The Labute approximate surface area is 211 Å². The maximum absolute atomic E-state index is 13.2. The summed E-state index contributed by atoms with van der Waals surface area (Å²) in [5, 5.41) is 9.42. The SMILES string of the molecule is CC1CN(C(=O)COc2ccc(C(=O)O)cc2CN2CCOCC2)C(C)CN1Cc1ccc(F)cc1. The van der Waals surface area contributed by atoms with Crippen LogP contribution < -0.4 is 4.74 Å². The van der Waals surface area contributed by atoms with Crippen LogP contribution >= 0.6 is 0 Å². The number of benzene rings is 2. The number of nitrogens with zero attached hydrogens (tertiary/aromatic N) is 3. The molecule has 2 heterocycles. The van der Waals surface area contributed by atoms with Crippen LogP contribution in [0.5, 0.6) is 5.75 Å². The Morgan fingerprint density at radius 1 is 1.03 bits per heavy atom. The Morgan fingerprint density at radius 2 is 1.75 bits per heavy atom. The van der Waals surface area contributed by atoms with Crippen LogP contribution in [0.3, 0.4) is 0 Å². The van der Waals surface area contributed by atoms with Crippen LogP contribution in [0.2, 0.25) is 0 Å². The fourth-order valence-corrected chi connectivity index (χ4v) is 4.79. The quantitative estimate of drug-likeness (QED) is 0.598.